The molecule has 0 spiro atoms. The van der Waals surface area contributed by atoms with Crippen LogP contribution in [0.1, 0.15) is 6.92 Å². The largest absolute Gasteiger partial charge is 0.452 e. The molecule has 7 heteroatoms. The smallest absolute Gasteiger partial charge is 0.317 e. The van der Waals surface area contributed by atoms with Crippen LogP contribution in [0, 0.1) is 11.6 Å². The van der Waals surface area contributed by atoms with Gasteiger partial charge in [-0.2, -0.15) is 0 Å². The summed E-state index contributed by atoms with van der Waals surface area (Å²) in [5.41, 5.74) is -0.566. The van der Waals surface area contributed by atoms with Gasteiger partial charge in [-0.15, -0.1) is 11.8 Å². The highest BCUT2D eigenvalue weighted by Crippen LogP contribution is 2.19. The van der Waals surface area contributed by atoms with Gasteiger partial charge < -0.3 is 10.1 Å². The van der Waals surface area contributed by atoms with E-state index < -0.39 is 35.3 Å². The van der Waals surface area contributed by atoms with Crippen molar-refractivity contribution in [2.24, 2.45) is 0 Å². The molecule has 1 atom stereocenters. The minimum atomic E-state index is -1.17. The first-order valence-electron chi connectivity index (χ1n) is 7.09. The summed E-state index contributed by atoms with van der Waals surface area (Å²) >= 11 is 1.26. The van der Waals surface area contributed by atoms with Gasteiger partial charge in [-0.1, -0.05) is 24.3 Å². The summed E-state index contributed by atoms with van der Waals surface area (Å²) in [5, 5.41) is 2.08. The van der Waals surface area contributed by atoms with Crippen molar-refractivity contribution in [1.82, 2.24) is 0 Å². The SMILES string of the molecule is C[C@H](OC(=O)CSc1ccccc1)C(=O)Nc1c(F)cccc1F. The number of hydrogen-bond donors (Lipinski definition) is 1. The van der Waals surface area contributed by atoms with Crippen LogP contribution in [0.25, 0.3) is 0 Å². The van der Waals surface area contributed by atoms with E-state index in [4.69, 9.17) is 4.74 Å². The van der Waals surface area contributed by atoms with Crippen molar-refractivity contribution in [2.45, 2.75) is 17.9 Å². The Kier molecular flexibility index (Phi) is 6.31. The highest BCUT2D eigenvalue weighted by molar-refractivity contribution is 8.00. The highest BCUT2D eigenvalue weighted by Gasteiger charge is 2.20. The fraction of sp³-hybridized carbons (Fsp3) is 0.176. The number of para-hydroxylation sites is 1. The number of nitrogens with one attached hydrogen (secondary N) is 1. The van der Waals surface area contributed by atoms with Gasteiger partial charge in [0.1, 0.15) is 17.3 Å². The zero-order valence-electron chi connectivity index (χ0n) is 12.8. The van der Waals surface area contributed by atoms with Crippen molar-refractivity contribution in [2.75, 3.05) is 11.1 Å². The zero-order valence-corrected chi connectivity index (χ0v) is 13.6. The Labute approximate surface area is 142 Å². The predicted octanol–water partition coefficient (Wildman–Crippen LogP) is 3.63. The van der Waals surface area contributed by atoms with Crippen LogP contribution in [0.4, 0.5) is 14.5 Å². The van der Waals surface area contributed by atoms with E-state index in [0.717, 1.165) is 17.0 Å². The first kappa shape index (κ1) is 17.9. The quantitative estimate of drug-likeness (QED) is 0.638. The second-order valence-corrected chi connectivity index (χ2v) is 5.87. The van der Waals surface area contributed by atoms with Crippen molar-refractivity contribution in [3.8, 4) is 0 Å². The van der Waals surface area contributed by atoms with E-state index in [-0.39, 0.29) is 5.75 Å². The number of carbonyl (C=O) groups excluding carboxylic acids is 2. The molecule has 0 radical (unpaired) electrons. The number of anilines is 1. The number of rotatable bonds is 6. The topological polar surface area (TPSA) is 55.4 Å². The van der Waals surface area contributed by atoms with Crippen LogP contribution in [-0.4, -0.2) is 23.7 Å². The van der Waals surface area contributed by atoms with Gasteiger partial charge in [0.2, 0.25) is 0 Å². The summed E-state index contributed by atoms with van der Waals surface area (Å²) in [7, 11) is 0. The molecule has 126 valence electrons. The van der Waals surface area contributed by atoms with Crippen LogP contribution < -0.4 is 5.32 Å². The normalized spacial score (nSPS) is 11.6. The minimum Gasteiger partial charge on any atom is -0.452 e. The van der Waals surface area contributed by atoms with Crippen LogP contribution >= 0.6 is 11.8 Å². The molecule has 0 saturated carbocycles. The Morgan fingerprint density at radius 2 is 1.71 bits per heavy atom. The Morgan fingerprint density at radius 1 is 1.08 bits per heavy atom. The molecule has 0 saturated heterocycles. The van der Waals surface area contributed by atoms with Crippen LogP contribution in [0.5, 0.6) is 0 Å². The molecule has 0 heterocycles. The second kappa shape index (κ2) is 8.44. The lowest BCUT2D eigenvalue weighted by atomic mass is 10.2. The lowest BCUT2D eigenvalue weighted by molar-refractivity contribution is -0.150. The van der Waals surface area contributed by atoms with Crippen molar-refractivity contribution in [1.29, 1.82) is 0 Å². The average Bonchev–Trinajstić information content (AvgIpc) is 2.57. The Balaban J connectivity index is 1.86. The maximum Gasteiger partial charge on any atom is 0.317 e. The third-order valence-corrected chi connectivity index (χ3v) is 3.97. The molecule has 0 aliphatic rings. The van der Waals surface area contributed by atoms with Gasteiger partial charge >= 0.3 is 5.97 Å². The molecule has 0 aliphatic heterocycles. The number of hydrogen-bond acceptors (Lipinski definition) is 4. The predicted molar refractivity (Wildman–Crippen MR) is 87.7 cm³/mol. The molecule has 4 nitrogen and oxygen atoms in total. The third-order valence-electron chi connectivity index (χ3n) is 2.99. The summed E-state index contributed by atoms with van der Waals surface area (Å²) < 4.78 is 31.9. The molecule has 2 rings (SSSR count). The molecule has 2 aromatic rings. The number of amides is 1. The number of thioether (sulfide) groups is 1. The van der Waals surface area contributed by atoms with E-state index in [1.807, 2.05) is 30.3 Å². The summed E-state index contributed by atoms with van der Waals surface area (Å²) in [6, 6.07) is 12.4. The van der Waals surface area contributed by atoms with Gasteiger partial charge in [-0.05, 0) is 31.2 Å². The van der Waals surface area contributed by atoms with Gasteiger partial charge in [0.15, 0.2) is 6.10 Å². The lowest BCUT2D eigenvalue weighted by Gasteiger charge is -2.14. The number of esters is 1. The van der Waals surface area contributed by atoms with Crippen LogP contribution in [0.15, 0.2) is 53.4 Å². The van der Waals surface area contributed by atoms with Crippen LogP contribution in [-0.2, 0) is 14.3 Å². The molecule has 0 fully saturated rings. The number of ether oxygens (including phenoxy) is 1. The standard InChI is InChI=1S/C17H15F2NO3S/c1-11(17(22)20-16-13(18)8-5-9-14(16)19)23-15(21)10-24-12-6-3-2-4-7-12/h2-9,11H,10H2,1H3,(H,20,22)/t11-/m0/s1. The summed E-state index contributed by atoms with van der Waals surface area (Å²) in [6.07, 6.45) is -1.17. The van der Waals surface area contributed by atoms with E-state index in [1.54, 1.807) is 0 Å². The van der Waals surface area contributed by atoms with Gasteiger partial charge in [0, 0.05) is 4.90 Å². The monoisotopic (exact) mass is 351 g/mol. The molecule has 1 amide bonds. The number of halogens is 2. The molecular formula is C17H15F2NO3S. The van der Waals surface area contributed by atoms with Crippen molar-refractivity contribution < 1.29 is 23.1 Å². The van der Waals surface area contributed by atoms with E-state index in [9.17, 15) is 18.4 Å². The molecule has 0 bridgehead atoms. The Bertz CT molecular complexity index is 705. The fourth-order valence-corrected chi connectivity index (χ4v) is 2.49. The number of carbonyl (C=O) groups is 2. The second-order valence-electron chi connectivity index (χ2n) is 4.82. The average molecular weight is 351 g/mol. The van der Waals surface area contributed by atoms with Gasteiger partial charge in [0.25, 0.3) is 5.91 Å². The molecule has 0 aliphatic carbocycles. The van der Waals surface area contributed by atoms with E-state index >= 15 is 0 Å². The van der Waals surface area contributed by atoms with Gasteiger partial charge in [-0.25, -0.2) is 8.78 Å². The van der Waals surface area contributed by atoms with E-state index in [0.29, 0.717) is 0 Å². The third kappa shape index (κ3) is 5.06. The summed E-state index contributed by atoms with van der Waals surface area (Å²) in [4.78, 5) is 24.5. The van der Waals surface area contributed by atoms with Crippen LogP contribution in [0.2, 0.25) is 0 Å². The minimum absolute atomic E-state index is 0.0235. The van der Waals surface area contributed by atoms with E-state index in [1.165, 1.54) is 24.8 Å². The van der Waals surface area contributed by atoms with E-state index in [2.05, 4.69) is 5.32 Å². The highest BCUT2D eigenvalue weighted by atomic mass is 32.2. The summed E-state index contributed by atoms with van der Waals surface area (Å²) in [6.45, 7) is 1.33. The zero-order chi connectivity index (χ0) is 17.5. The van der Waals surface area contributed by atoms with Gasteiger partial charge in [0.05, 0.1) is 5.75 Å². The molecule has 0 unspecified atom stereocenters. The molecule has 24 heavy (non-hydrogen) atoms. The molecular weight excluding hydrogens is 336 g/mol. The van der Waals surface area contributed by atoms with Gasteiger partial charge in [-0.3, -0.25) is 9.59 Å². The lowest BCUT2D eigenvalue weighted by Crippen LogP contribution is -2.31. The van der Waals surface area contributed by atoms with Crippen LogP contribution in [0.3, 0.4) is 0 Å². The molecule has 2 aromatic carbocycles. The van der Waals surface area contributed by atoms with Crippen molar-refractivity contribution in [3.63, 3.8) is 0 Å². The molecule has 1 N–H and O–H groups in total. The first-order valence-corrected chi connectivity index (χ1v) is 8.08. The fourth-order valence-electron chi connectivity index (χ4n) is 1.79. The first-order chi connectivity index (χ1) is 11.5. The Hall–Kier alpha value is -2.41. The number of benzene rings is 2. The van der Waals surface area contributed by atoms with Crippen molar-refractivity contribution >= 4 is 29.3 Å². The summed E-state index contributed by atoms with van der Waals surface area (Å²) in [5.74, 6) is -3.18. The maximum atomic E-state index is 13.5. The Morgan fingerprint density at radius 3 is 2.33 bits per heavy atom. The maximum absolute atomic E-state index is 13.5. The van der Waals surface area contributed by atoms with Crippen molar-refractivity contribution in [3.05, 3.63) is 60.2 Å². The molecule has 0 aromatic heterocycles.